The maximum absolute atomic E-state index is 12.4. The van der Waals surface area contributed by atoms with E-state index in [2.05, 4.69) is 32.2 Å². The predicted octanol–water partition coefficient (Wildman–Crippen LogP) is 5.02. The number of hydrogen-bond donors (Lipinski definition) is 1. The van der Waals surface area contributed by atoms with E-state index in [0.29, 0.717) is 16.4 Å². The van der Waals surface area contributed by atoms with Crippen molar-refractivity contribution in [2.45, 2.75) is 6.54 Å². The predicted molar refractivity (Wildman–Crippen MR) is 120 cm³/mol. The van der Waals surface area contributed by atoms with Gasteiger partial charge < -0.3 is 10.2 Å². The number of rotatable bonds is 5. The summed E-state index contributed by atoms with van der Waals surface area (Å²) < 4.78 is 0. The van der Waals surface area contributed by atoms with Crippen LogP contribution >= 0.6 is 34.5 Å². The summed E-state index contributed by atoms with van der Waals surface area (Å²) in [6, 6.07) is 15.1. The van der Waals surface area contributed by atoms with Gasteiger partial charge in [0.25, 0.3) is 5.91 Å². The molecule has 1 aliphatic rings. The first-order chi connectivity index (χ1) is 14.1. The van der Waals surface area contributed by atoms with Gasteiger partial charge in [0.2, 0.25) is 0 Å². The second kappa shape index (κ2) is 9.13. The number of benzene rings is 2. The molecule has 29 heavy (non-hydrogen) atoms. The zero-order chi connectivity index (χ0) is 20.2. The Balaban J connectivity index is 1.30. The molecular weight excluding hydrogens is 427 g/mol. The first kappa shape index (κ1) is 20.2. The molecule has 1 aromatic heterocycles. The van der Waals surface area contributed by atoms with Crippen LogP contribution in [0.3, 0.4) is 0 Å². The van der Waals surface area contributed by atoms with Crippen molar-refractivity contribution >= 4 is 51.8 Å². The average molecular weight is 447 g/mol. The van der Waals surface area contributed by atoms with Crippen molar-refractivity contribution in [3.63, 3.8) is 0 Å². The molecule has 0 bridgehead atoms. The minimum Gasteiger partial charge on any atom is -0.369 e. The number of piperazine rings is 1. The van der Waals surface area contributed by atoms with Crippen LogP contribution in [-0.2, 0) is 6.54 Å². The van der Waals surface area contributed by atoms with E-state index in [4.69, 9.17) is 23.2 Å². The Morgan fingerprint density at radius 2 is 1.79 bits per heavy atom. The topological polar surface area (TPSA) is 48.5 Å². The summed E-state index contributed by atoms with van der Waals surface area (Å²) in [5, 5.41) is 6.92. The number of halogens is 2. The van der Waals surface area contributed by atoms with Gasteiger partial charge >= 0.3 is 0 Å². The van der Waals surface area contributed by atoms with Gasteiger partial charge in [0.05, 0.1) is 6.54 Å². The molecule has 0 saturated carbocycles. The lowest BCUT2D eigenvalue weighted by Gasteiger charge is -2.35. The number of nitrogens with zero attached hydrogens (tertiary/aromatic N) is 3. The molecule has 2 aromatic carbocycles. The standard InChI is InChI=1S/C21H20Cl2N4OS/c22-15-4-6-18(7-5-15)27-10-8-26(9-11-27)13-20-25-19(14-29-20)21(28)24-17-3-1-2-16(23)12-17/h1-7,12,14H,8-11,13H2,(H,24,28). The monoisotopic (exact) mass is 446 g/mol. The summed E-state index contributed by atoms with van der Waals surface area (Å²) in [6.07, 6.45) is 0. The third-order valence-electron chi connectivity index (χ3n) is 4.79. The van der Waals surface area contributed by atoms with Crippen LogP contribution in [0, 0.1) is 0 Å². The number of nitrogens with one attached hydrogen (secondary N) is 1. The first-order valence-corrected chi connectivity index (χ1v) is 10.9. The highest BCUT2D eigenvalue weighted by Gasteiger charge is 2.19. The highest BCUT2D eigenvalue weighted by molar-refractivity contribution is 7.09. The largest absolute Gasteiger partial charge is 0.369 e. The molecule has 0 atom stereocenters. The van der Waals surface area contributed by atoms with Gasteiger partial charge in [0.15, 0.2) is 0 Å². The number of aromatic nitrogens is 1. The number of carbonyl (C=O) groups excluding carboxylic acids is 1. The third kappa shape index (κ3) is 5.28. The van der Waals surface area contributed by atoms with Crippen molar-refractivity contribution in [3.8, 4) is 0 Å². The van der Waals surface area contributed by atoms with Crippen LogP contribution in [0.15, 0.2) is 53.9 Å². The summed E-state index contributed by atoms with van der Waals surface area (Å²) >= 11 is 13.5. The molecule has 150 valence electrons. The van der Waals surface area contributed by atoms with Gasteiger partial charge in [-0.1, -0.05) is 29.3 Å². The number of thiazole rings is 1. The molecule has 0 unspecified atom stereocenters. The fourth-order valence-corrected chi connectivity index (χ4v) is 4.39. The minimum atomic E-state index is -0.220. The van der Waals surface area contributed by atoms with Gasteiger partial charge in [-0.25, -0.2) is 4.98 Å². The molecule has 0 spiro atoms. The van der Waals surface area contributed by atoms with Crippen LogP contribution < -0.4 is 10.2 Å². The van der Waals surface area contributed by atoms with Crippen LogP contribution in [0.2, 0.25) is 10.0 Å². The van der Waals surface area contributed by atoms with Gasteiger partial charge in [-0.2, -0.15) is 0 Å². The van der Waals surface area contributed by atoms with Crippen molar-refractivity contribution in [2.75, 3.05) is 36.4 Å². The van der Waals surface area contributed by atoms with E-state index >= 15 is 0 Å². The number of carbonyl (C=O) groups is 1. The maximum atomic E-state index is 12.4. The smallest absolute Gasteiger partial charge is 0.275 e. The van der Waals surface area contributed by atoms with Gasteiger partial charge in [-0.15, -0.1) is 11.3 Å². The van der Waals surface area contributed by atoms with E-state index in [1.165, 1.54) is 17.0 Å². The van der Waals surface area contributed by atoms with E-state index in [1.54, 1.807) is 29.6 Å². The second-order valence-electron chi connectivity index (χ2n) is 6.83. The third-order valence-corrected chi connectivity index (χ3v) is 6.11. The Morgan fingerprint density at radius 1 is 1.03 bits per heavy atom. The average Bonchev–Trinajstić information content (AvgIpc) is 3.18. The van der Waals surface area contributed by atoms with Crippen LogP contribution in [0.1, 0.15) is 15.5 Å². The van der Waals surface area contributed by atoms with E-state index < -0.39 is 0 Å². The molecule has 2 heterocycles. The second-order valence-corrected chi connectivity index (χ2v) is 8.65. The zero-order valence-electron chi connectivity index (χ0n) is 15.6. The van der Waals surface area contributed by atoms with Gasteiger partial charge in [-0.3, -0.25) is 9.69 Å². The fraction of sp³-hybridized carbons (Fsp3) is 0.238. The van der Waals surface area contributed by atoms with Crippen molar-refractivity contribution in [3.05, 3.63) is 74.7 Å². The molecule has 3 aromatic rings. The van der Waals surface area contributed by atoms with Gasteiger partial charge in [0.1, 0.15) is 10.7 Å². The lowest BCUT2D eigenvalue weighted by molar-refractivity contribution is 0.102. The van der Waals surface area contributed by atoms with Gasteiger partial charge in [0, 0.05) is 53.0 Å². The molecule has 0 radical (unpaired) electrons. The van der Waals surface area contributed by atoms with E-state index in [-0.39, 0.29) is 5.91 Å². The highest BCUT2D eigenvalue weighted by atomic mass is 35.5. The SMILES string of the molecule is O=C(Nc1cccc(Cl)c1)c1csc(CN2CCN(c3ccc(Cl)cc3)CC2)n1. The summed E-state index contributed by atoms with van der Waals surface area (Å²) in [6.45, 7) is 4.56. The molecule has 1 fully saturated rings. The number of anilines is 2. The first-order valence-electron chi connectivity index (χ1n) is 9.31. The Kier molecular flexibility index (Phi) is 6.35. The molecule has 5 nitrogen and oxygen atoms in total. The van der Waals surface area contributed by atoms with Crippen molar-refractivity contribution < 1.29 is 4.79 Å². The lowest BCUT2D eigenvalue weighted by atomic mass is 10.2. The van der Waals surface area contributed by atoms with Crippen molar-refractivity contribution in [1.29, 1.82) is 0 Å². The van der Waals surface area contributed by atoms with Crippen molar-refractivity contribution in [1.82, 2.24) is 9.88 Å². The molecule has 1 N–H and O–H groups in total. The highest BCUT2D eigenvalue weighted by Crippen LogP contribution is 2.21. The normalized spacial score (nSPS) is 14.8. The van der Waals surface area contributed by atoms with E-state index in [1.807, 2.05) is 12.1 Å². The van der Waals surface area contributed by atoms with Crippen molar-refractivity contribution in [2.24, 2.45) is 0 Å². The van der Waals surface area contributed by atoms with E-state index in [0.717, 1.165) is 42.8 Å². The maximum Gasteiger partial charge on any atom is 0.275 e. The van der Waals surface area contributed by atoms with Crippen LogP contribution in [0.5, 0.6) is 0 Å². The molecule has 1 amide bonds. The van der Waals surface area contributed by atoms with Gasteiger partial charge in [-0.05, 0) is 42.5 Å². The Hall–Kier alpha value is -2.12. The van der Waals surface area contributed by atoms with E-state index in [9.17, 15) is 4.79 Å². The molecule has 1 saturated heterocycles. The summed E-state index contributed by atoms with van der Waals surface area (Å²) in [5.74, 6) is -0.220. The number of hydrogen-bond acceptors (Lipinski definition) is 5. The summed E-state index contributed by atoms with van der Waals surface area (Å²) in [4.78, 5) is 21.7. The Morgan fingerprint density at radius 3 is 2.52 bits per heavy atom. The summed E-state index contributed by atoms with van der Waals surface area (Å²) in [7, 11) is 0. The van der Waals surface area contributed by atoms with Crippen LogP contribution in [0.25, 0.3) is 0 Å². The molecule has 1 aliphatic heterocycles. The molecular formula is C21H20Cl2N4OS. The minimum absolute atomic E-state index is 0.220. The Labute approximate surface area is 183 Å². The molecule has 0 aliphatic carbocycles. The van der Waals surface area contributed by atoms with Crippen LogP contribution in [-0.4, -0.2) is 42.0 Å². The quantitative estimate of drug-likeness (QED) is 0.597. The zero-order valence-corrected chi connectivity index (χ0v) is 18.0. The molecule has 4 rings (SSSR count). The lowest BCUT2D eigenvalue weighted by Crippen LogP contribution is -2.45. The van der Waals surface area contributed by atoms with Crippen LogP contribution in [0.4, 0.5) is 11.4 Å². The summed E-state index contributed by atoms with van der Waals surface area (Å²) in [5.41, 5.74) is 2.29. The number of amides is 1. The molecule has 8 heteroatoms. The Bertz CT molecular complexity index is 984. The fourth-order valence-electron chi connectivity index (χ4n) is 3.26.